The number of nitrogens with zero attached hydrogens (tertiary/aromatic N) is 1. The van der Waals surface area contributed by atoms with Crippen molar-refractivity contribution in [1.82, 2.24) is 10.2 Å². The Labute approximate surface area is 111 Å². The second kappa shape index (κ2) is 9.34. The number of hydrogen-bond donors (Lipinski definition) is 1. The molecule has 0 aromatic heterocycles. The molecule has 1 heterocycles. The number of methoxy groups -OCH3 is 1. The third-order valence-electron chi connectivity index (χ3n) is 3.61. The topological polar surface area (TPSA) is 41.6 Å². The zero-order chi connectivity index (χ0) is 13.2. The van der Waals surface area contributed by atoms with Crippen molar-refractivity contribution < 1.29 is 9.53 Å². The van der Waals surface area contributed by atoms with E-state index in [-0.39, 0.29) is 5.97 Å². The number of nitrogens with one attached hydrogen (secondary N) is 1. The van der Waals surface area contributed by atoms with Gasteiger partial charge in [0.25, 0.3) is 0 Å². The molecule has 0 spiro atoms. The first-order valence-electron chi connectivity index (χ1n) is 7.29. The van der Waals surface area contributed by atoms with Crippen molar-refractivity contribution in [2.24, 2.45) is 0 Å². The molecule has 1 fully saturated rings. The molecular weight excluding hydrogens is 228 g/mol. The fraction of sp³-hybridized carbons (Fsp3) is 0.929. The fourth-order valence-corrected chi connectivity index (χ4v) is 2.56. The van der Waals surface area contributed by atoms with Gasteiger partial charge in [0.1, 0.15) is 0 Å². The summed E-state index contributed by atoms with van der Waals surface area (Å²) in [4.78, 5) is 13.6. The Hall–Kier alpha value is -0.610. The minimum Gasteiger partial charge on any atom is -0.469 e. The summed E-state index contributed by atoms with van der Waals surface area (Å²) in [6.45, 7) is 6.59. The van der Waals surface area contributed by atoms with Crippen LogP contribution in [0, 0.1) is 0 Å². The molecular formula is C14H28N2O2. The maximum Gasteiger partial charge on any atom is 0.305 e. The quantitative estimate of drug-likeness (QED) is 0.531. The molecule has 0 aromatic rings. The van der Waals surface area contributed by atoms with E-state index in [4.69, 9.17) is 0 Å². The molecule has 0 saturated carbocycles. The van der Waals surface area contributed by atoms with Gasteiger partial charge in [-0.25, -0.2) is 0 Å². The maximum absolute atomic E-state index is 11.1. The number of hydrogen-bond acceptors (Lipinski definition) is 4. The number of esters is 1. The second-order valence-electron chi connectivity index (χ2n) is 5.07. The van der Waals surface area contributed by atoms with Crippen LogP contribution in [0.4, 0.5) is 0 Å². The lowest BCUT2D eigenvalue weighted by Crippen LogP contribution is -2.46. The summed E-state index contributed by atoms with van der Waals surface area (Å²) < 4.78 is 4.68. The van der Waals surface area contributed by atoms with E-state index >= 15 is 0 Å². The Bertz CT molecular complexity index is 234. The van der Waals surface area contributed by atoms with E-state index in [0.717, 1.165) is 26.1 Å². The Balaban J connectivity index is 2.23. The van der Waals surface area contributed by atoms with Gasteiger partial charge < -0.3 is 10.1 Å². The van der Waals surface area contributed by atoms with E-state index < -0.39 is 0 Å². The van der Waals surface area contributed by atoms with Crippen molar-refractivity contribution in [2.75, 3.05) is 33.3 Å². The van der Waals surface area contributed by atoms with Crippen molar-refractivity contribution in [3.8, 4) is 0 Å². The largest absolute Gasteiger partial charge is 0.469 e. The van der Waals surface area contributed by atoms with E-state index in [1.165, 1.54) is 39.3 Å². The second-order valence-corrected chi connectivity index (χ2v) is 5.07. The molecule has 4 heteroatoms. The molecule has 0 aliphatic carbocycles. The van der Waals surface area contributed by atoms with Crippen molar-refractivity contribution in [2.45, 2.75) is 51.5 Å². The van der Waals surface area contributed by atoms with Crippen LogP contribution < -0.4 is 5.32 Å². The van der Waals surface area contributed by atoms with Crippen molar-refractivity contribution in [1.29, 1.82) is 0 Å². The summed E-state index contributed by atoms with van der Waals surface area (Å²) in [5.74, 6) is -0.0901. The highest BCUT2D eigenvalue weighted by atomic mass is 16.5. The monoisotopic (exact) mass is 256 g/mol. The SMILES string of the molecule is CCCNCC1CCCCN1CCCC(=O)OC. The molecule has 1 rings (SSSR count). The summed E-state index contributed by atoms with van der Waals surface area (Å²) in [6.07, 6.45) is 6.57. The number of carbonyl (C=O) groups excluding carboxylic acids is 1. The third-order valence-corrected chi connectivity index (χ3v) is 3.61. The van der Waals surface area contributed by atoms with Gasteiger partial charge in [-0.05, 0) is 45.3 Å². The Kier molecular flexibility index (Phi) is 8.01. The molecule has 0 amide bonds. The molecule has 18 heavy (non-hydrogen) atoms. The van der Waals surface area contributed by atoms with E-state index in [9.17, 15) is 4.79 Å². The molecule has 1 atom stereocenters. The predicted octanol–water partition coefficient (Wildman–Crippen LogP) is 1.79. The lowest BCUT2D eigenvalue weighted by atomic mass is 10.0. The van der Waals surface area contributed by atoms with E-state index in [1.807, 2.05) is 0 Å². The number of piperidine rings is 1. The summed E-state index contributed by atoms with van der Waals surface area (Å²) in [7, 11) is 1.46. The molecule has 0 bridgehead atoms. The number of rotatable bonds is 8. The summed E-state index contributed by atoms with van der Waals surface area (Å²) in [6, 6.07) is 0.656. The Morgan fingerprint density at radius 3 is 3.00 bits per heavy atom. The van der Waals surface area contributed by atoms with Crippen molar-refractivity contribution >= 4 is 5.97 Å². The molecule has 1 unspecified atom stereocenters. The maximum atomic E-state index is 11.1. The third kappa shape index (κ3) is 5.83. The zero-order valence-electron chi connectivity index (χ0n) is 11.9. The summed E-state index contributed by atoms with van der Waals surface area (Å²) in [5, 5.41) is 3.51. The normalized spacial score (nSPS) is 20.9. The Morgan fingerprint density at radius 1 is 1.44 bits per heavy atom. The van der Waals surface area contributed by atoms with Crippen LogP contribution in [0.25, 0.3) is 0 Å². The first-order valence-corrected chi connectivity index (χ1v) is 7.29. The molecule has 1 saturated heterocycles. The van der Waals surface area contributed by atoms with Crippen LogP contribution in [0.2, 0.25) is 0 Å². The molecule has 1 N–H and O–H groups in total. The summed E-state index contributed by atoms with van der Waals surface area (Å²) in [5.41, 5.74) is 0. The molecule has 1 aliphatic rings. The minimum absolute atomic E-state index is 0.0901. The lowest BCUT2D eigenvalue weighted by molar-refractivity contribution is -0.140. The van der Waals surface area contributed by atoms with Gasteiger partial charge in [0.15, 0.2) is 0 Å². The van der Waals surface area contributed by atoms with Gasteiger partial charge in [-0.15, -0.1) is 0 Å². The van der Waals surface area contributed by atoms with Gasteiger partial charge >= 0.3 is 5.97 Å². The number of likely N-dealkylation sites (tertiary alicyclic amines) is 1. The molecule has 1 aliphatic heterocycles. The van der Waals surface area contributed by atoms with Crippen LogP contribution in [0.15, 0.2) is 0 Å². The highest BCUT2D eigenvalue weighted by Crippen LogP contribution is 2.17. The highest BCUT2D eigenvalue weighted by Gasteiger charge is 2.21. The van der Waals surface area contributed by atoms with Gasteiger partial charge in [0.05, 0.1) is 7.11 Å². The molecule has 106 valence electrons. The minimum atomic E-state index is -0.0901. The molecule has 4 nitrogen and oxygen atoms in total. The van der Waals surface area contributed by atoms with Gasteiger partial charge in [0, 0.05) is 19.0 Å². The summed E-state index contributed by atoms with van der Waals surface area (Å²) >= 11 is 0. The van der Waals surface area contributed by atoms with E-state index in [1.54, 1.807) is 0 Å². The lowest BCUT2D eigenvalue weighted by Gasteiger charge is -2.35. The molecule has 0 aromatic carbocycles. The van der Waals surface area contributed by atoms with Crippen molar-refractivity contribution in [3.63, 3.8) is 0 Å². The Morgan fingerprint density at radius 2 is 2.28 bits per heavy atom. The van der Waals surface area contributed by atoms with E-state index in [0.29, 0.717) is 12.5 Å². The average Bonchev–Trinajstić information content (AvgIpc) is 2.40. The first kappa shape index (κ1) is 15.4. The van der Waals surface area contributed by atoms with Crippen LogP contribution >= 0.6 is 0 Å². The van der Waals surface area contributed by atoms with Crippen LogP contribution in [0.3, 0.4) is 0 Å². The van der Waals surface area contributed by atoms with E-state index in [2.05, 4.69) is 21.9 Å². The van der Waals surface area contributed by atoms with Crippen LogP contribution in [0.5, 0.6) is 0 Å². The molecule has 0 radical (unpaired) electrons. The predicted molar refractivity (Wildman–Crippen MR) is 73.6 cm³/mol. The van der Waals surface area contributed by atoms with Gasteiger partial charge in [0.2, 0.25) is 0 Å². The van der Waals surface area contributed by atoms with Gasteiger partial charge in [-0.1, -0.05) is 13.3 Å². The number of ether oxygens (including phenoxy) is 1. The highest BCUT2D eigenvalue weighted by molar-refractivity contribution is 5.69. The number of carbonyl (C=O) groups is 1. The van der Waals surface area contributed by atoms with Crippen LogP contribution in [-0.4, -0.2) is 50.2 Å². The van der Waals surface area contributed by atoms with Gasteiger partial charge in [-0.2, -0.15) is 0 Å². The van der Waals surface area contributed by atoms with Crippen molar-refractivity contribution in [3.05, 3.63) is 0 Å². The first-order chi connectivity index (χ1) is 8.77. The van der Waals surface area contributed by atoms with Gasteiger partial charge in [-0.3, -0.25) is 9.69 Å². The average molecular weight is 256 g/mol. The van der Waals surface area contributed by atoms with Crippen LogP contribution in [-0.2, 0) is 9.53 Å². The fourth-order valence-electron chi connectivity index (χ4n) is 2.56. The van der Waals surface area contributed by atoms with Crippen LogP contribution in [0.1, 0.15) is 45.4 Å². The zero-order valence-corrected chi connectivity index (χ0v) is 11.9. The smallest absolute Gasteiger partial charge is 0.305 e. The standard InChI is InChI=1S/C14H28N2O2/c1-3-9-15-12-13-7-4-5-10-16(13)11-6-8-14(17)18-2/h13,15H,3-12H2,1-2H3.